The summed E-state index contributed by atoms with van der Waals surface area (Å²) in [5.74, 6) is 0. The number of nitrogens with zero attached hydrogens (tertiary/aromatic N) is 2. The quantitative estimate of drug-likeness (QED) is 0.323. The fourth-order valence-corrected chi connectivity index (χ4v) is 4.43. The van der Waals surface area contributed by atoms with Crippen molar-refractivity contribution in [3.05, 3.63) is 102 Å². The zero-order valence-corrected chi connectivity index (χ0v) is 19.3. The molecule has 6 heteroatoms. The molecule has 0 aliphatic heterocycles. The van der Waals surface area contributed by atoms with Gasteiger partial charge < -0.3 is 4.57 Å². The first kappa shape index (κ1) is 21.8. The molecule has 0 atom stereocenters. The van der Waals surface area contributed by atoms with Crippen molar-refractivity contribution in [1.29, 1.82) is 0 Å². The van der Waals surface area contributed by atoms with E-state index in [-0.39, 0.29) is 10.3 Å². The molecule has 0 spiro atoms. The standard InChI is InChI=1S/C26H27N3O2S/c1-26(2,3)22-13-15-23(16-14-22)32(30,31)28-27-17-21-19-29(18-20-9-5-4-6-10-20)25-12-8-7-11-24(21)25/h4-17,19,28H,18H2,1-3H3/b27-17-. The summed E-state index contributed by atoms with van der Waals surface area (Å²) in [6, 6.07) is 25.1. The molecule has 32 heavy (non-hydrogen) atoms. The van der Waals surface area contributed by atoms with Gasteiger partial charge in [0.05, 0.1) is 11.1 Å². The maximum absolute atomic E-state index is 12.7. The first-order valence-electron chi connectivity index (χ1n) is 10.5. The van der Waals surface area contributed by atoms with Crippen LogP contribution in [0.1, 0.15) is 37.5 Å². The minimum Gasteiger partial charge on any atom is -0.342 e. The van der Waals surface area contributed by atoms with Crippen molar-refractivity contribution in [3.8, 4) is 0 Å². The topological polar surface area (TPSA) is 63.5 Å². The van der Waals surface area contributed by atoms with Crippen molar-refractivity contribution >= 4 is 27.1 Å². The Labute approximate surface area is 189 Å². The minimum absolute atomic E-state index is 0.0398. The highest BCUT2D eigenvalue weighted by Gasteiger charge is 2.17. The molecule has 0 fully saturated rings. The van der Waals surface area contributed by atoms with Crippen LogP contribution in [0.2, 0.25) is 0 Å². The van der Waals surface area contributed by atoms with E-state index in [9.17, 15) is 8.42 Å². The lowest BCUT2D eigenvalue weighted by molar-refractivity contribution is 0.580. The SMILES string of the molecule is CC(C)(C)c1ccc(S(=O)(=O)N/N=C\c2cn(Cc3ccccc3)c3ccccc23)cc1. The van der Waals surface area contributed by atoms with Crippen molar-refractivity contribution < 1.29 is 8.42 Å². The molecule has 4 aromatic rings. The molecule has 5 nitrogen and oxygen atoms in total. The number of sulfonamides is 1. The van der Waals surface area contributed by atoms with Gasteiger partial charge in [-0.2, -0.15) is 13.5 Å². The average molecular weight is 446 g/mol. The Balaban J connectivity index is 1.56. The van der Waals surface area contributed by atoms with Crippen LogP contribution >= 0.6 is 0 Å². The Hall–Kier alpha value is -3.38. The number of rotatable bonds is 6. The highest BCUT2D eigenvalue weighted by atomic mass is 32.2. The van der Waals surface area contributed by atoms with Gasteiger partial charge in [0.15, 0.2) is 0 Å². The minimum atomic E-state index is -3.74. The number of hydrazone groups is 1. The number of hydrogen-bond donors (Lipinski definition) is 1. The van der Waals surface area contributed by atoms with Crippen molar-refractivity contribution in [1.82, 2.24) is 9.40 Å². The summed E-state index contributed by atoms with van der Waals surface area (Å²) in [5.41, 5.74) is 4.14. The molecule has 1 aromatic heterocycles. The predicted molar refractivity (Wildman–Crippen MR) is 131 cm³/mol. The maximum atomic E-state index is 12.7. The first-order chi connectivity index (χ1) is 15.2. The van der Waals surface area contributed by atoms with Crippen molar-refractivity contribution in [2.45, 2.75) is 37.6 Å². The number of aromatic nitrogens is 1. The van der Waals surface area contributed by atoms with Crippen LogP contribution in [0.25, 0.3) is 10.9 Å². The Morgan fingerprint density at radius 3 is 2.25 bits per heavy atom. The zero-order chi connectivity index (χ0) is 22.8. The molecule has 164 valence electrons. The molecule has 0 saturated heterocycles. The summed E-state index contributed by atoms with van der Waals surface area (Å²) < 4.78 is 27.5. The molecule has 0 radical (unpaired) electrons. The summed E-state index contributed by atoms with van der Waals surface area (Å²) >= 11 is 0. The van der Waals surface area contributed by atoms with Gasteiger partial charge in [0.1, 0.15) is 0 Å². The molecule has 0 amide bonds. The molecule has 0 bridgehead atoms. The van der Waals surface area contributed by atoms with E-state index >= 15 is 0 Å². The Morgan fingerprint density at radius 2 is 1.56 bits per heavy atom. The van der Waals surface area contributed by atoms with Crippen LogP contribution in [0.3, 0.4) is 0 Å². The van der Waals surface area contributed by atoms with Crippen LogP contribution < -0.4 is 4.83 Å². The summed E-state index contributed by atoms with van der Waals surface area (Å²) in [4.78, 5) is 2.53. The highest BCUT2D eigenvalue weighted by molar-refractivity contribution is 7.89. The molecular formula is C26H27N3O2S. The molecule has 1 N–H and O–H groups in total. The van der Waals surface area contributed by atoms with E-state index in [0.29, 0.717) is 0 Å². The summed E-state index contributed by atoms with van der Waals surface area (Å²) in [5, 5.41) is 5.07. The third-order valence-corrected chi connectivity index (χ3v) is 6.66. The van der Waals surface area contributed by atoms with Gasteiger partial charge in [-0.05, 0) is 34.7 Å². The predicted octanol–water partition coefficient (Wildman–Crippen LogP) is 5.30. The first-order valence-corrected chi connectivity index (χ1v) is 12.0. The largest absolute Gasteiger partial charge is 0.342 e. The zero-order valence-electron chi connectivity index (χ0n) is 18.5. The lowest BCUT2D eigenvalue weighted by atomic mass is 9.87. The van der Waals surface area contributed by atoms with Gasteiger partial charge in [0.25, 0.3) is 10.0 Å². The average Bonchev–Trinajstić information content (AvgIpc) is 3.11. The van der Waals surface area contributed by atoms with Crippen molar-refractivity contribution in [3.63, 3.8) is 0 Å². The van der Waals surface area contributed by atoms with Crippen molar-refractivity contribution in [2.75, 3.05) is 0 Å². The maximum Gasteiger partial charge on any atom is 0.276 e. The van der Waals surface area contributed by atoms with Crippen LogP contribution in [0.5, 0.6) is 0 Å². The van der Waals surface area contributed by atoms with Crippen LogP contribution in [0.15, 0.2) is 95.1 Å². The number of hydrogen-bond acceptors (Lipinski definition) is 3. The van der Waals surface area contributed by atoms with Gasteiger partial charge >= 0.3 is 0 Å². The van der Waals surface area contributed by atoms with Gasteiger partial charge in [-0.3, -0.25) is 0 Å². The highest BCUT2D eigenvalue weighted by Crippen LogP contribution is 2.24. The third-order valence-electron chi connectivity index (χ3n) is 5.42. The smallest absolute Gasteiger partial charge is 0.276 e. The van der Waals surface area contributed by atoms with Crippen LogP contribution in [0.4, 0.5) is 0 Å². The Kier molecular flexibility index (Phi) is 5.89. The summed E-state index contributed by atoms with van der Waals surface area (Å²) in [6.07, 6.45) is 3.55. The normalized spacial score (nSPS) is 12.5. The Bertz CT molecular complexity index is 1350. The second-order valence-corrected chi connectivity index (χ2v) is 10.5. The third kappa shape index (κ3) is 4.75. The lowest BCUT2D eigenvalue weighted by Crippen LogP contribution is -2.19. The van der Waals surface area contributed by atoms with Crippen molar-refractivity contribution in [2.24, 2.45) is 5.10 Å². The number of fused-ring (bicyclic) bond motifs is 1. The molecule has 1 heterocycles. The molecule has 3 aromatic carbocycles. The van der Waals surface area contributed by atoms with Crippen LogP contribution in [0, 0.1) is 0 Å². The molecule has 0 unspecified atom stereocenters. The van der Waals surface area contributed by atoms with E-state index < -0.39 is 10.0 Å². The number of benzene rings is 3. The second kappa shape index (κ2) is 8.63. The van der Waals surface area contributed by atoms with Gasteiger partial charge in [-0.25, -0.2) is 4.83 Å². The molecule has 0 saturated carbocycles. The van der Waals surface area contributed by atoms with Gasteiger partial charge in [0.2, 0.25) is 0 Å². The number of nitrogens with one attached hydrogen (secondary N) is 1. The Morgan fingerprint density at radius 1 is 0.906 bits per heavy atom. The number of para-hydroxylation sites is 1. The fraction of sp³-hybridized carbons (Fsp3) is 0.192. The van der Waals surface area contributed by atoms with Gasteiger partial charge in [-0.1, -0.05) is 81.4 Å². The van der Waals surface area contributed by atoms with E-state index in [4.69, 9.17) is 0 Å². The molecular weight excluding hydrogens is 418 g/mol. The summed E-state index contributed by atoms with van der Waals surface area (Å²) in [7, 11) is -3.74. The monoisotopic (exact) mass is 445 g/mol. The molecule has 0 aliphatic rings. The van der Waals surface area contributed by atoms with E-state index in [2.05, 4.69) is 53.5 Å². The van der Waals surface area contributed by atoms with E-state index in [0.717, 1.165) is 28.6 Å². The lowest BCUT2D eigenvalue weighted by Gasteiger charge is -2.19. The van der Waals surface area contributed by atoms with E-state index in [1.54, 1.807) is 18.3 Å². The molecule has 0 aliphatic carbocycles. The van der Waals surface area contributed by atoms with Crippen LogP contribution in [-0.4, -0.2) is 19.2 Å². The fourth-order valence-electron chi connectivity index (χ4n) is 3.64. The van der Waals surface area contributed by atoms with Gasteiger partial charge in [0, 0.05) is 29.2 Å². The van der Waals surface area contributed by atoms with Gasteiger partial charge in [-0.15, -0.1) is 0 Å². The summed E-state index contributed by atoms with van der Waals surface area (Å²) in [6.45, 7) is 6.99. The second-order valence-electron chi connectivity index (χ2n) is 8.84. The van der Waals surface area contributed by atoms with Crippen LogP contribution in [-0.2, 0) is 22.0 Å². The molecule has 4 rings (SSSR count). The van der Waals surface area contributed by atoms with E-state index in [1.165, 1.54) is 5.56 Å². The van der Waals surface area contributed by atoms with E-state index in [1.807, 2.05) is 54.7 Å².